The second kappa shape index (κ2) is 6.18. The summed E-state index contributed by atoms with van der Waals surface area (Å²) in [6.45, 7) is 0.621. The minimum Gasteiger partial charge on any atom is -0.481 e. The highest BCUT2D eigenvalue weighted by Gasteiger charge is 2.35. The number of hydrogen-bond acceptors (Lipinski definition) is 4. The van der Waals surface area contributed by atoms with Crippen LogP contribution in [0, 0.1) is 0 Å². The van der Waals surface area contributed by atoms with Crippen LogP contribution in [0.25, 0.3) is 0 Å². The summed E-state index contributed by atoms with van der Waals surface area (Å²) in [6, 6.07) is 0. The molecule has 5 nitrogen and oxygen atoms in total. The minimum absolute atomic E-state index is 0.198. The maximum atomic E-state index is 11.2. The van der Waals surface area contributed by atoms with Crippen LogP contribution in [0.1, 0.15) is 75.2 Å². The summed E-state index contributed by atoms with van der Waals surface area (Å²) in [5.74, 6) is 0.810. The lowest BCUT2D eigenvalue weighted by atomic mass is 9.79. The van der Waals surface area contributed by atoms with Gasteiger partial charge in [-0.05, 0) is 25.7 Å². The first-order chi connectivity index (χ1) is 10.2. The van der Waals surface area contributed by atoms with Gasteiger partial charge in [0.05, 0.1) is 12.1 Å². The molecule has 0 amide bonds. The van der Waals surface area contributed by atoms with Crippen LogP contribution >= 0.6 is 0 Å². The molecule has 2 saturated carbocycles. The van der Waals surface area contributed by atoms with Crippen molar-refractivity contribution in [3.05, 3.63) is 17.8 Å². The summed E-state index contributed by atoms with van der Waals surface area (Å²) in [5, 5.41) is 12.7. The van der Waals surface area contributed by atoms with E-state index >= 15 is 0 Å². The third kappa shape index (κ3) is 3.28. The molecule has 0 atom stereocenters. The molecule has 21 heavy (non-hydrogen) atoms. The number of oxazole rings is 1. The van der Waals surface area contributed by atoms with Gasteiger partial charge in [-0.25, -0.2) is 4.98 Å². The Labute approximate surface area is 125 Å². The first-order valence-electron chi connectivity index (χ1n) is 8.08. The molecule has 2 N–H and O–H groups in total. The summed E-state index contributed by atoms with van der Waals surface area (Å²) in [5.41, 5.74) is 0.704. The van der Waals surface area contributed by atoms with Crippen molar-refractivity contribution >= 4 is 5.97 Å². The van der Waals surface area contributed by atoms with Crippen molar-refractivity contribution in [2.45, 2.75) is 75.8 Å². The lowest BCUT2D eigenvalue weighted by molar-refractivity contribution is -0.139. The molecule has 2 fully saturated rings. The Kier molecular flexibility index (Phi) is 4.29. The average molecular weight is 292 g/mol. The number of carboxylic acids is 1. The number of hydrogen-bond donors (Lipinski definition) is 2. The average Bonchev–Trinajstić information content (AvgIpc) is 2.83. The molecule has 0 bridgehead atoms. The van der Waals surface area contributed by atoms with E-state index in [1.165, 1.54) is 32.1 Å². The molecule has 3 rings (SSSR count). The van der Waals surface area contributed by atoms with Crippen LogP contribution in [0.5, 0.6) is 0 Å². The highest BCUT2D eigenvalue weighted by atomic mass is 16.4. The Hall–Kier alpha value is -1.36. The van der Waals surface area contributed by atoms with Gasteiger partial charge in [0.1, 0.15) is 5.76 Å². The fourth-order valence-electron chi connectivity index (χ4n) is 3.62. The fraction of sp³-hybridized carbons (Fsp3) is 0.750. The van der Waals surface area contributed by atoms with Gasteiger partial charge >= 0.3 is 5.97 Å². The van der Waals surface area contributed by atoms with Crippen LogP contribution in [0.2, 0.25) is 0 Å². The zero-order chi connectivity index (χ0) is 14.7. The van der Waals surface area contributed by atoms with Crippen molar-refractivity contribution < 1.29 is 14.3 Å². The van der Waals surface area contributed by atoms with Gasteiger partial charge in [0.25, 0.3) is 0 Å². The van der Waals surface area contributed by atoms with Crippen LogP contribution < -0.4 is 5.32 Å². The Bertz CT molecular complexity index is 487. The molecular weight excluding hydrogens is 268 g/mol. The first-order valence-corrected chi connectivity index (χ1v) is 8.08. The molecule has 0 aromatic carbocycles. The summed E-state index contributed by atoms with van der Waals surface area (Å²) < 4.78 is 5.56. The van der Waals surface area contributed by atoms with Gasteiger partial charge in [-0.1, -0.05) is 25.7 Å². The second-order valence-electron chi connectivity index (χ2n) is 6.56. The Balaban J connectivity index is 1.66. The summed E-state index contributed by atoms with van der Waals surface area (Å²) in [4.78, 5) is 15.5. The third-order valence-corrected chi connectivity index (χ3v) is 5.08. The highest BCUT2D eigenvalue weighted by molar-refractivity contribution is 5.68. The maximum absolute atomic E-state index is 11.2. The number of carboxylic acid groups (broad SMARTS) is 1. The SMILES string of the molecule is O=C(O)CC1(NCc2ncoc2C2CCC2)CCCCC1. The normalized spacial score (nSPS) is 21.9. The molecular formula is C16H24N2O3. The van der Waals surface area contributed by atoms with E-state index in [9.17, 15) is 9.90 Å². The van der Waals surface area contributed by atoms with Gasteiger partial charge in [0.2, 0.25) is 0 Å². The van der Waals surface area contributed by atoms with E-state index in [2.05, 4.69) is 10.3 Å². The molecule has 116 valence electrons. The smallest absolute Gasteiger partial charge is 0.305 e. The quantitative estimate of drug-likeness (QED) is 0.842. The van der Waals surface area contributed by atoms with Crippen molar-refractivity contribution in [3.8, 4) is 0 Å². The fourth-order valence-corrected chi connectivity index (χ4v) is 3.62. The topological polar surface area (TPSA) is 75.4 Å². The van der Waals surface area contributed by atoms with Crippen molar-refractivity contribution in [2.24, 2.45) is 0 Å². The van der Waals surface area contributed by atoms with E-state index in [1.54, 1.807) is 0 Å². The monoisotopic (exact) mass is 292 g/mol. The van der Waals surface area contributed by atoms with E-state index in [0.29, 0.717) is 12.5 Å². The molecule has 0 radical (unpaired) electrons. The predicted molar refractivity (Wildman–Crippen MR) is 78.0 cm³/mol. The lowest BCUT2D eigenvalue weighted by Crippen LogP contribution is -2.48. The van der Waals surface area contributed by atoms with Crippen LogP contribution in [0.3, 0.4) is 0 Å². The molecule has 0 spiro atoms. The summed E-state index contributed by atoms with van der Waals surface area (Å²) >= 11 is 0. The predicted octanol–water partition coefficient (Wildman–Crippen LogP) is 3.21. The van der Waals surface area contributed by atoms with Crippen LogP contribution in [0.15, 0.2) is 10.8 Å². The standard InChI is InChI=1S/C16H24N2O3/c19-14(20)9-16(7-2-1-3-8-16)18-10-13-15(21-11-17-13)12-5-4-6-12/h11-12,18H,1-10H2,(H,19,20). The van der Waals surface area contributed by atoms with Gasteiger partial charge in [-0.2, -0.15) is 0 Å². The number of nitrogens with one attached hydrogen (secondary N) is 1. The zero-order valence-electron chi connectivity index (χ0n) is 12.4. The van der Waals surface area contributed by atoms with Gasteiger partial charge in [0, 0.05) is 18.0 Å². The second-order valence-corrected chi connectivity index (χ2v) is 6.56. The minimum atomic E-state index is -0.719. The Morgan fingerprint density at radius 3 is 2.71 bits per heavy atom. The highest BCUT2D eigenvalue weighted by Crippen LogP contribution is 2.38. The number of aromatic nitrogens is 1. The zero-order valence-corrected chi connectivity index (χ0v) is 12.4. The molecule has 0 saturated heterocycles. The first kappa shape index (κ1) is 14.6. The summed E-state index contributed by atoms with van der Waals surface area (Å²) in [7, 11) is 0. The molecule has 0 unspecified atom stereocenters. The maximum Gasteiger partial charge on any atom is 0.305 e. The molecule has 2 aliphatic rings. The molecule has 2 aliphatic carbocycles. The van der Waals surface area contributed by atoms with Crippen molar-refractivity contribution in [2.75, 3.05) is 0 Å². The molecule has 0 aliphatic heterocycles. The largest absolute Gasteiger partial charge is 0.481 e. The van der Waals surface area contributed by atoms with Gasteiger partial charge < -0.3 is 14.8 Å². The van der Waals surface area contributed by atoms with E-state index < -0.39 is 5.97 Å². The molecule has 5 heteroatoms. The van der Waals surface area contributed by atoms with Gasteiger partial charge in [0.15, 0.2) is 6.39 Å². The van der Waals surface area contributed by atoms with Crippen LogP contribution in [0.4, 0.5) is 0 Å². The molecule has 1 aromatic rings. The molecule has 1 heterocycles. The Morgan fingerprint density at radius 2 is 2.10 bits per heavy atom. The third-order valence-electron chi connectivity index (χ3n) is 5.08. The van der Waals surface area contributed by atoms with E-state index in [4.69, 9.17) is 4.42 Å². The van der Waals surface area contributed by atoms with E-state index in [1.807, 2.05) is 0 Å². The number of aliphatic carboxylic acids is 1. The van der Waals surface area contributed by atoms with Gasteiger partial charge in [-0.3, -0.25) is 4.79 Å². The van der Waals surface area contributed by atoms with Crippen molar-refractivity contribution in [3.63, 3.8) is 0 Å². The van der Waals surface area contributed by atoms with E-state index in [-0.39, 0.29) is 12.0 Å². The van der Waals surface area contributed by atoms with Crippen LogP contribution in [-0.2, 0) is 11.3 Å². The van der Waals surface area contributed by atoms with Gasteiger partial charge in [-0.15, -0.1) is 0 Å². The number of nitrogens with zero attached hydrogens (tertiary/aromatic N) is 1. The van der Waals surface area contributed by atoms with Crippen molar-refractivity contribution in [1.29, 1.82) is 0 Å². The van der Waals surface area contributed by atoms with E-state index in [0.717, 1.165) is 37.1 Å². The summed E-state index contributed by atoms with van der Waals surface area (Å²) in [6.07, 6.45) is 10.7. The van der Waals surface area contributed by atoms with Crippen LogP contribution in [-0.4, -0.2) is 21.6 Å². The number of carbonyl (C=O) groups is 1. The Morgan fingerprint density at radius 1 is 1.33 bits per heavy atom. The van der Waals surface area contributed by atoms with Crippen molar-refractivity contribution in [1.82, 2.24) is 10.3 Å². The lowest BCUT2D eigenvalue weighted by Gasteiger charge is -2.37. The number of rotatable bonds is 6. The molecule has 1 aromatic heterocycles.